The van der Waals surface area contributed by atoms with Gasteiger partial charge in [-0.05, 0) is 37.3 Å². The van der Waals surface area contributed by atoms with Crippen LogP contribution >= 0.6 is 0 Å². The molecule has 0 spiro atoms. The summed E-state index contributed by atoms with van der Waals surface area (Å²) in [5.74, 6) is 1.66. The van der Waals surface area contributed by atoms with E-state index in [9.17, 15) is 0 Å². The lowest BCUT2D eigenvalue weighted by Crippen LogP contribution is -2.21. The first-order valence-electron chi connectivity index (χ1n) is 7.21. The van der Waals surface area contributed by atoms with Crippen LogP contribution in [0.3, 0.4) is 0 Å². The van der Waals surface area contributed by atoms with Gasteiger partial charge in [0.2, 0.25) is 0 Å². The zero-order valence-corrected chi connectivity index (χ0v) is 12.1. The van der Waals surface area contributed by atoms with Crippen LogP contribution in [0.1, 0.15) is 6.42 Å². The van der Waals surface area contributed by atoms with E-state index in [0.717, 1.165) is 41.5 Å². The molecule has 1 aliphatic heterocycles. The zero-order chi connectivity index (χ0) is 14.7. The van der Waals surface area contributed by atoms with E-state index < -0.39 is 0 Å². The molecule has 2 N–H and O–H groups in total. The van der Waals surface area contributed by atoms with Gasteiger partial charge in [-0.1, -0.05) is 0 Å². The van der Waals surface area contributed by atoms with Gasteiger partial charge < -0.3 is 19.9 Å². The second-order valence-corrected chi connectivity index (χ2v) is 5.20. The van der Waals surface area contributed by atoms with Crippen LogP contribution in [0.5, 0.6) is 11.5 Å². The largest absolute Gasteiger partial charge is 0.497 e. The number of methoxy groups -OCH3 is 1. The molecule has 3 rings (SSSR count). The Morgan fingerprint density at radius 1 is 1.38 bits per heavy atom. The van der Waals surface area contributed by atoms with Gasteiger partial charge >= 0.3 is 0 Å². The maximum absolute atomic E-state index is 6.14. The molecule has 0 bridgehead atoms. The molecule has 1 aromatic carbocycles. The smallest absolute Gasteiger partial charge is 0.298 e. The van der Waals surface area contributed by atoms with Crippen molar-refractivity contribution in [3.8, 4) is 11.5 Å². The van der Waals surface area contributed by atoms with E-state index in [2.05, 4.69) is 4.98 Å². The molecule has 0 saturated carbocycles. The Kier molecular flexibility index (Phi) is 4.27. The number of rotatable bonds is 5. The molecule has 2 heterocycles. The first-order valence-corrected chi connectivity index (χ1v) is 7.21. The normalized spacial score (nSPS) is 18.2. The molecule has 0 amide bonds. The summed E-state index contributed by atoms with van der Waals surface area (Å²) < 4.78 is 16.8. The van der Waals surface area contributed by atoms with E-state index >= 15 is 0 Å². The lowest BCUT2D eigenvalue weighted by atomic mass is 9.66. The summed E-state index contributed by atoms with van der Waals surface area (Å²) in [4.78, 5) is 4.37. The molecule has 0 radical (unpaired) electrons. The predicted octanol–water partition coefficient (Wildman–Crippen LogP) is 2.32. The molecule has 1 aliphatic rings. The second-order valence-electron chi connectivity index (χ2n) is 5.20. The fraction of sp³-hybridized carbons (Fsp3) is 0.400. The van der Waals surface area contributed by atoms with Crippen molar-refractivity contribution in [3.63, 3.8) is 0 Å². The summed E-state index contributed by atoms with van der Waals surface area (Å²) in [5.41, 5.74) is 6.30. The third kappa shape index (κ3) is 3.11. The number of aromatic nitrogens is 1. The molecule has 5 nitrogen and oxygen atoms in total. The highest BCUT2D eigenvalue weighted by Crippen LogP contribution is 2.31. The molecular weight excluding hydrogens is 267 g/mol. The summed E-state index contributed by atoms with van der Waals surface area (Å²) in [5, 5.41) is 1.00. The SMILES string of the molecule is COc1ccc2c(O[C@@H]3CCB(OCN)C3)ccnc2c1. The standard InChI is InChI=1S/C15H19BN2O3/c1-19-11-2-3-13-14(8-11)18-7-5-15(13)21-12-4-6-16(9-12)20-10-17/h2-3,5,7-8,12H,4,6,9-10,17H2,1H3/t12-/m1/s1. The number of hydrogen-bond acceptors (Lipinski definition) is 5. The van der Waals surface area contributed by atoms with Gasteiger partial charge in [-0.3, -0.25) is 4.98 Å². The van der Waals surface area contributed by atoms with Gasteiger partial charge in [-0.2, -0.15) is 0 Å². The van der Waals surface area contributed by atoms with E-state index in [0.29, 0.717) is 0 Å². The van der Waals surface area contributed by atoms with Crippen molar-refractivity contribution in [1.82, 2.24) is 4.98 Å². The van der Waals surface area contributed by atoms with Gasteiger partial charge in [0.1, 0.15) is 11.5 Å². The van der Waals surface area contributed by atoms with Gasteiger partial charge in [0.25, 0.3) is 6.92 Å². The molecule has 1 fully saturated rings. The molecule has 2 aromatic rings. The van der Waals surface area contributed by atoms with Crippen LogP contribution in [-0.2, 0) is 4.65 Å². The van der Waals surface area contributed by atoms with Crippen molar-refractivity contribution in [2.75, 3.05) is 13.8 Å². The summed E-state index contributed by atoms with van der Waals surface area (Å²) in [6.45, 7) is 0.489. The number of nitrogens with zero attached hydrogens (tertiary/aromatic N) is 1. The fourth-order valence-electron chi connectivity index (χ4n) is 2.81. The van der Waals surface area contributed by atoms with Crippen LogP contribution < -0.4 is 15.2 Å². The Balaban J connectivity index is 1.78. The zero-order valence-electron chi connectivity index (χ0n) is 12.1. The maximum atomic E-state index is 6.14. The van der Waals surface area contributed by atoms with Crippen LogP contribution in [0, 0.1) is 0 Å². The van der Waals surface area contributed by atoms with Gasteiger partial charge in [-0.25, -0.2) is 0 Å². The van der Waals surface area contributed by atoms with Gasteiger partial charge in [0, 0.05) is 17.6 Å². The third-order valence-electron chi connectivity index (χ3n) is 3.87. The highest BCUT2D eigenvalue weighted by atomic mass is 16.5. The van der Waals surface area contributed by atoms with Crippen molar-refractivity contribution in [2.45, 2.75) is 25.2 Å². The molecule has 110 valence electrons. The number of fused-ring (bicyclic) bond motifs is 1. The molecule has 6 heteroatoms. The van der Waals surface area contributed by atoms with Crippen molar-refractivity contribution in [3.05, 3.63) is 30.5 Å². The molecule has 1 aromatic heterocycles. The Hall–Kier alpha value is -1.79. The predicted molar refractivity (Wildman–Crippen MR) is 82.8 cm³/mol. The first-order chi connectivity index (χ1) is 10.3. The van der Waals surface area contributed by atoms with E-state index in [1.54, 1.807) is 13.3 Å². The minimum absolute atomic E-state index is 0.175. The Labute approximate surface area is 124 Å². The topological polar surface area (TPSA) is 66.6 Å². The first kappa shape index (κ1) is 14.2. The number of nitrogens with two attached hydrogens (primary N) is 1. The highest BCUT2D eigenvalue weighted by Gasteiger charge is 2.30. The summed E-state index contributed by atoms with van der Waals surface area (Å²) in [7, 11) is 1.65. The van der Waals surface area contributed by atoms with Crippen LogP contribution in [0.2, 0.25) is 12.6 Å². The summed E-state index contributed by atoms with van der Waals surface area (Å²) in [6.07, 6.45) is 4.81. The highest BCUT2D eigenvalue weighted by molar-refractivity contribution is 6.53. The third-order valence-corrected chi connectivity index (χ3v) is 3.87. The van der Waals surface area contributed by atoms with Gasteiger partial charge in [0.05, 0.1) is 25.5 Å². The van der Waals surface area contributed by atoms with Crippen molar-refractivity contribution < 1.29 is 14.1 Å². The molecular formula is C15H19BN2O3. The Morgan fingerprint density at radius 3 is 3.10 bits per heavy atom. The molecule has 1 saturated heterocycles. The number of benzene rings is 1. The summed E-state index contributed by atoms with van der Waals surface area (Å²) >= 11 is 0. The summed E-state index contributed by atoms with van der Waals surface area (Å²) in [6, 6.07) is 7.73. The maximum Gasteiger partial charge on any atom is 0.298 e. The number of pyridine rings is 1. The lowest BCUT2D eigenvalue weighted by Gasteiger charge is -2.15. The van der Waals surface area contributed by atoms with E-state index in [1.165, 1.54) is 0 Å². The number of hydrogen-bond donors (Lipinski definition) is 1. The fourth-order valence-corrected chi connectivity index (χ4v) is 2.81. The van der Waals surface area contributed by atoms with Crippen molar-refractivity contribution in [2.24, 2.45) is 5.73 Å². The van der Waals surface area contributed by atoms with Crippen LogP contribution in [0.25, 0.3) is 10.9 Å². The van der Waals surface area contributed by atoms with Gasteiger partial charge in [0.15, 0.2) is 0 Å². The van der Waals surface area contributed by atoms with Crippen LogP contribution in [0.15, 0.2) is 30.5 Å². The van der Waals surface area contributed by atoms with E-state index in [4.69, 9.17) is 19.9 Å². The minimum atomic E-state index is 0.175. The van der Waals surface area contributed by atoms with Gasteiger partial charge in [-0.15, -0.1) is 0 Å². The molecule has 0 unspecified atom stereocenters. The Morgan fingerprint density at radius 2 is 2.29 bits per heavy atom. The average Bonchev–Trinajstić information content (AvgIpc) is 2.94. The minimum Gasteiger partial charge on any atom is -0.497 e. The Bertz CT molecular complexity index is 623. The number of ether oxygens (including phenoxy) is 2. The molecule has 0 aliphatic carbocycles. The van der Waals surface area contributed by atoms with E-state index in [-0.39, 0.29) is 19.8 Å². The molecule has 21 heavy (non-hydrogen) atoms. The van der Waals surface area contributed by atoms with Crippen LogP contribution in [-0.4, -0.2) is 31.8 Å². The van der Waals surface area contributed by atoms with Crippen molar-refractivity contribution >= 4 is 17.8 Å². The monoisotopic (exact) mass is 286 g/mol. The quantitative estimate of drug-likeness (QED) is 0.675. The second kappa shape index (κ2) is 6.32. The molecule has 1 atom stereocenters. The van der Waals surface area contributed by atoms with Crippen molar-refractivity contribution in [1.29, 1.82) is 0 Å². The van der Waals surface area contributed by atoms with Crippen LogP contribution in [0.4, 0.5) is 0 Å². The van der Waals surface area contributed by atoms with E-state index in [1.807, 2.05) is 24.3 Å². The average molecular weight is 286 g/mol. The lowest BCUT2D eigenvalue weighted by molar-refractivity contribution is 0.226.